The monoisotopic (exact) mass is 326 g/mol. The lowest BCUT2D eigenvalue weighted by atomic mass is 10.1. The smallest absolute Gasteiger partial charge is 0.229 e. The minimum absolute atomic E-state index is 0.148. The number of hydrogen-bond acceptors (Lipinski definition) is 3. The molecule has 19 heavy (non-hydrogen) atoms. The topological polar surface area (TPSA) is 55.6 Å². The summed E-state index contributed by atoms with van der Waals surface area (Å²) in [6, 6.07) is 7.65. The second kappa shape index (κ2) is 5.92. The number of ether oxygens (including phenoxy) is 1. The van der Waals surface area contributed by atoms with Crippen molar-refractivity contribution < 1.29 is 9.53 Å². The molecule has 4 nitrogen and oxygen atoms in total. The van der Waals surface area contributed by atoms with E-state index in [1.54, 1.807) is 4.90 Å². The van der Waals surface area contributed by atoms with Crippen LogP contribution in [-0.4, -0.2) is 37.6 Å². The molecule has 2 rings (SSSR count). The fraction of sp³-hybridized carbons (Fsp3) is 0.500. The molecule has 0 radical (unpaired) electrons. The third-order valence-electron chi connectivity index (χ3n) is 3.55. The number of nitrogens with two attached hydrogens (primary N) is 1. The van der Waals surface area contributed by atoms with Crippen LogP contribution in [0.1, 0.15) is 12.8 Å². The summed E-state index contributed by atoms with van der Waals surface area (Å²) >= 11 is 3.37. The number of halogens is 1. The number of amides is 1. The van der Waals surface area contributed by atoms with Crippen molar-refractivity contribution in [1.29, 1.82) is 0 Å². The molecule has 0 saturated heterocycles. The quantitative estimate of drug-likeness (QED) is 0.870. The molecule has 2 N–H and O–H groups in total. The van der Waals surface area contributed by atoms with Crippen molar-refractivity contribution in [3.8, 4) is 5.75 Å². The van der Waals surface area contributed by atoms with Crippen LogP contribution in [-0.2, 0) is 4.79 Å². The van der Waals surface area contributed by atoms with Crippen LogP contribution < -0.4 is 10.5 Å². The predicted octanol–water partition coefficient (Wildman–Crippen LogP) is 2.03. The van der Waals surface area contributed by atoms with E-state index in [0.717, 1.165) is 23.1 Å². The van der Waals surface area contributed by atoms with Crippen molar-refractivity contribution in [2.75, 3.05) is 26.7 Å². The minimum Gasteiger partial charge on any atom is -0.492 e. The van der Waals surface area contributed by atoms with E-state index in [-0.39, 0.29) is 11.3 Å². The number of nitrogens with zero attached hydrogens (tertiary/aromatic N) is 1. The molecule has 104 valence electrons. The highest BCUT2D eigenvalue weighted by molar-refractivity contribution is 9.10. The maximum absolute atomic E-state index is 12.1. The van der Waals surface area contributed by atoms with Gasteiger partial charge >= 0.3 is 0 Å². The van der Waals surface area contributed by atoms with Crippen molar-refractivity contribution >= 4 is 21.8 Å². The number of benzene rings is 1. The largest absolute Gasteiger partial charge is 0.492 e. The predicted molar refractivity (Wildman–Crippen MR) is 78.0 cm³/mol. The lowest BCUT2D eigenvalue weighted by Gasteiger charge is -2.22. The van der Waals surface area contributed by atoms with Crippen LogP contribution in [0.5, 0.6) is 5.75 Å². The fourth-order valence-corrected chi connectivity index (χ4v) is 2.26. The Morgan fingerprint density at radius 2 is 2.05 bits per heavy atom. The summed E-state index contributed by atoms with van der Waals surface area (Å²) in [7, 11) is 1.81. The number of likely N-dealkylation sites (N-methyl/N-ethyl adjacent to an activating group) is 1. The standard InChI is InChI=1S/C14H19BrN2O2/c1-17(13(18)14(10-16)6-7-14)8-9-19-12-4-2-11(15)3-5-12/h2-5H,6-10,16H2,1H3. The Morgan fingerprint density at radius 1 is 1.42 bits per heavy atom. The summed E-state index contributed by atoms with van der Waals surface area (Å²) in [6.07, 6.45) is 1.83. The summed E-state index contributed by atoms with van der Waals surface area (Å²) in [5.41, 5.74) is 5.39. The summed E-state index contributed by atoms with van der Waals surface area (Å²) in [6.45, 7) is 1.52. The van der Waals surface area contributed by atoms with E-state index in [4.69, 9.17) is 10.5 Å². The SMILES string of the molecule is CN(CCOc1ccc(Br)cc1)C(=O)C1(CN)CC1. The van der Waals surface area contributed by atoms with Crippen LogP contribution in [0.3, 0.4) is 0 Å². The van der Waals surface area contributed by atoms with Crippen LogP contribution in [0, 0.1) is 5.41 Å². The van der Waals surface area contributed by atoms with Crippen molar-refractivity contribution in [2.24, 2.45) is 11.1 Å². The van der Waals surface area contributed by atoms with E-state index >= 15 is 0 Å². The Morgan fingerprint density at radius 3 is 2.58 bits per heavy atom. The Balaban J connectivity index is 1.76. The Kier molecular flexibility index (Phi) is 4.47. The molecule has 5 heteroatoms. The molecule has 0 aromatic heterocycles. The number of rotatable bonds is 6. The van der Waals surface area contributed by atoms with Crippen molar-refractivity contribution in [2.45, 2.75) is 12.8 Å². The van der Waals surface area contributed by atoms with Crippen molar-refractivity contribution in [3.63, 3.8) is 0 Å². The molecular formula is C14H19BrN2O2. The molecule has 1 aromatic carbocycles. The first-order valence-electron chi connectivity index (χ1n) is 6.41. The maximum atomic E-state index is 12.1. The Hall–Kier alpha value is -1.07. The molecule has 1 aliphatic carbocycles. The van der Waals surface area contributed by atoms with E-state index in [0.29, 0.717) is 19.7 Å². The van der Waals surface area contributed by atoms with Gasteiger partial charge < -0.3 is 15.4 Å². The highest BCUT2D eigenvalue weighted by atomic mass is 79.9. The molecule has 1 amide bonds. The molecule has 1 aliphatic rings. The minimum atomic E-state index is -0.271. The molecule has 0 aliphatic heterocycles. The molecule has 0 unspecified atom stereocenters. The molecule has 0 bridgehead atoms. The van der Waals surface area contributed by atoms with Crippen LogP contribution in [0.2, 0.25) is 0 Å². The van der Waals surface area contributed by atoms with Crippen molar-refractivity contribution in [1.82, 2.24) is 4.90 Å². The zero-order valence-corrected chi connectivity index (χ0v) is 12.6. The fourth-order valence-electron chi connectivity index (χ4n) is 1.99. The Bertz CT molecular complexity index is 443. The van der Waals surface area contributed by atoms with Crippen LogP contribution in [0.25, 0.3) is 0 Å². The first kappa shape index (κ1) is 14.3. The molecule has 0 spiro atoms. The molecule has 1 saturated carbocycles. The van der Waals surface area contributed by atoms with Crippen LogP contribution >= 0.6 is 15.9 Å². The number of carbonyl (C=O) groups is 1. The summed E-state index contributed by atoms with van der Waals surface area (Å²) < 4.78 is 6.62. The Labute approximate surface area is 122 Å². The average Bonchev–Trinajstić information content (AvgIpc) is 3.21. The van der Waals surface area contributed by atoms with Crippen LogP contribution in [0.15, 0.2) is 28.7 Å². The van der Waals surface area contributed by atoms with E-state index in [9.17, 15) is 4.79 Å². The molecule has 0 heterocycles. The maximum Gasteiger partial charge on any atom is 0.229 e. The molecule has 1 fully saturated rings. The lowest BCUT2D eigenvalue weighted by Crippen LogP contribution is -2.40. The van der Waals surface area contributed by atoms with Gasteiger partial charge in [0.15, 0.2) is 0 Å². The zero-order valence-electron chi connectivity index (χ0n) is 11.1. The van der Waals surface area contributed by atoms with Gasteiger partial charge in [-0.2, -0.15) is 0 Å². The normalized spacial score (nSPS) is 15.9. The van der Waals surface area contributed by atoms with Gasteiger partial charge in [-0.25, -0.2) is 0 Å². The third-order valence-corrected chi connectivity index (χ3v) is 4.08. The lowest BCUT2D eigenvalue weighted by molar-refractivity contribution is -0.135. The molecule has 1 aromatic rings. The van der Waals surface area contributed by atoms with E-state index in [1.165, 1.54) is 0 Å². The van der Waals surface area contributed by atoms with Gasteiger partial charge in [0, 0.05) is 18.1 Å². The zero-order chi connectivity index (χ0) is 13.9. The van der Waals surface area contributed by atoms with Gasteiger partial charge in [0.25, 0.3) is 0 Å². The van der Waals surface area contributed by atoms with Gasteiger partial charge in [0.05, 0.1) is 12.0 Å². The van der Waals surface area contributed by atoms with E-state index in [1.807, 2.05) is 31.3 Å². The second-order valence-electron chi connectivity index (χ2n) is 5.01. The number of carbonyl (C=O) groups excluding carboxylic acids is 1. The van der Waals surface area contributed by atoms with Gasteiger partial charge in [0.2, 0.25) is 5.91 Å². The summed E-state index contributed by atoms with van der Waals surface area (Å²) in [5, 5.41) is 0. The summed E-state index contributed by atoms with van der Waals surface area (Å²) in [5.74, 6) is 0.957. The molecular weight excluding hydrogens is 308 g/mol. The molecule has 0 atom stereocenters. The first-order chi connectivity index (χ1) is 9.07. The second-order valence-corrected chi connectivity index (χ2v) is 5.93. The van der Waals surface area contributed by atoms with Gasteiger partial charge in [-0.05, 0) is 37.1 Å². The average molecular weight is 327 g/mol. The van der Waals surface area contributed by atoms with Gasteiger partial charge in [-0.15, -0.1) is 0 Å². The summed E-state index contributed by atoms with van der Waals surface area (Å²) in [4.78, 5) is 13.9. The number of hydrogen-bond donors (Lipinski definition) is 1. The van der Waals surface area contributed by atoms with Crippen LogP contribution in [0.4, 0.5) is 0 Å². The van der Waals surface area contributed by atoms with Gasteiger partial charge in [-0.1, -0.05) is 15.9 Å². The van der Waals surface area contributed by atoms with E-state index in [2.05, 4.69) is 15.9 Å². The van der Waals surface area contributed by atoms with E-state index < -0.39 is 0 Å². The highest BCUT2D eigenvalue weighted by Crippen LogP contribution is 2.45. The first-order valence-corrected chi connectivity index (χ1v) is 7.21. The van der Waals surface area contributed by atoms with Gasteiger partial charge in [-0.3, -0.25) is 4.79 Å². The van der Waals surface area contributed by atoms with Gasteiger partial charge in [0.1, 0.15) is 12.4 Å². The highest BCUT2D eigenvalue weighted by Gasteiger charge is 2.49. The third kappa shape index (κ3) is 3.48. The van der Waals surface area contributed by atoms with Crippen molar-refractivity contribution in [3.05, 3.63) is 28.7 Å².